The highest BCUT2D eigenvalue weighted by molar-refractivity contribution is 8.14. The monoisotopic (exact) mass is 327 g/mol. The maximum absolute atomic E-state index is 11.6. The van der Waals surface area contributed by atoms with Gasteiger partial charge in [0.1, 0.15) is 16.7 Å². The van der Waals surface area contributed by atoms with E-state index < -0.39 is 9.05 Å². The van der Waals surface area contributed by atoms with Crippen molar-refractivity contribution >= 4 is 30.6 Å². The van der Waals surface area contributed by atoms with Gasteiger partial charge in [-0.05, 0) is 24.3 Å². The molecule has 0 N–H and O–H groups in total. The molecule has 1 aromatic carbocycles. The van der Waals surface area contributed by atoms with Gasteiger partial charge in [0.15, 0.2) is 0 Å². The van der Waals surface area contributed by atoms with Crippen LogP contribution < -0.4 is 4.74 Å². The number of nitrogens with zero attached hydrogens (tertiary/aromatic N) is 1. The first-order valence-corrected chi connectivity index (χ1v) is 8.93. The molecular formula is C14H14ClNO4S. The Morgan fingerprint density at radius 2 is 2.00 bits per heavy atom. The van der Waals surface area contributed by atoms with Gasteiger partial charge < -0.3 is 9.47 Å². The van der Waals surface area contributed by atoms with Crippen LogP contribution >= 0.6 is 10.7 Å². The topological polar surface area (TPSA) is 65.5 Å². The van der Waals surface area contributed by atoms with Crippen LogP contribution in [0.5, 0.6) is 5.75 Å². The lowest BCUT2D eigenvalue weighted by Gasteiger charge is -2.24. The van der Waals surface area contributed by atoms with Crippen LogP contribution in [0.1, 0.15) is 12.8 Å². The third kappa shape index (κ3) is 3.12. The molecule has 0 spiro atoms. The smallest absolute Gasteiger partial charge is 0.263 e. The largest absolute Gasteiger partial charge is 0.490 e. The van der Waals surface area contributed by atoms with Crippen LogP contribution in [0.2, 0.25) is 0 Å². The average Bonchev–Trinajstić information content (AvgIpc) is 2.47. The van der Waals surface area contributed by atoms with E-state index >= 15 is 0 Å². The van der Waals surface area contributed by atoms with Crippen molar-refractivity contribution in [3.05, 3.63) is 30.5 Å². The van der Waals surface area contributed by atoms with E-state index in [-0.39, 0.29) is 11.0 Å². The van der Waals surface area contributed by atoms with Gasteiger partial charge in [0.05, 0.1) is 18.7 Å². The molecule has 0 saturated carbocycles. The minimum atomic E-state index is -3.85. The quantitative estimate of drug-likeness (QED) is 0.811. The molecule has 0 bridgehead atoms. The Morgan fingerprint density at radius 1 is 1.24 bits per heavy atom. The second kappa shape index (κ2) is 5.79. The van der Waals surface area contributed by atoms with E-state index in [0.29, 0.717) is 29.9 Å². The fourth-order valence-electron chi connectivity index (χ4n) is 2.39. The van der Waals surface area contributed by atoms with Crippen molar-refractivity contribution in [1.82, 2.24) is 4.98 Å². The van der Waals surface area contributed by atoms with Gasteiger partial charge in [0, 0.05) is 35.1 Å². The molecule has 2 aromatic rings. The SMILES string of the molecule is O=S(=O)(Cl)c1ccc(OC2CCOCC2)c2cccnc12. The Bertz CT molecular complexity index is 757. The summed E-state index contributed by atoms with van der Waals surface area (Å²) in [4.78, 5) is 4.13. The predicted octanol–water partition coefficient (Wildman–Crippen LogP) is 2.72. The van der Waals surface area contributed by atoms with Gasteiger partial charge in [-0.2, -0.15) is 0 Å². The molecule has 5 nitrogen and oxygen atoms in total. The fraction of sp³-hybridized carbons (Fsp3) is 0.357. The van der Waals surface area contributed by atoms with E-state index in [2.05, 4.69) is 4.98 Å². The van der Waals surface area contributed by atoms with Gasteiger partial charge in [-0.1, -0.05) is 0 Å². The summed E-state index contributed by atoms with van der Waals surface area (Å²) in [6, 6.07) is 6.59. The van der Waals surface area contributed by atoms with Crippen LogP contribution in [0.3, 0.4) is 0 Å². The lowest BCUT2D eigenvalue weighted by Crippen LogP contribution is -2.26. The minimum Gasteiger partial charge on any atom is -0.490 e. The van der Waals surface area contributed by atoms with Crippen LogP contribution in [-0.4, -0.2) is 32.7 Å². The van der Waals surface area contributed by atoms with Crippen molar-refractivity contribution in [2.75, 3.05) is 13.2 Å². The highest BCUT2D eigenvalue weighted by Crippen LogP contribution is 2.32. The lowest BCUT2D eigenvalue weighted by molar-refractivity contribution is 0.0262. The van der Waals surface area contributed by atoms with Gasteiger partial charge in [-0.25, -0.2) is 8.42 Å². The van der Waals surface area contributed by atoms with Crippen molar-refractivity contribution in [1.29, 1.82) is 0 Å². The fourth-order valence-corrected chi connectivity index (χ4v) is 3.39. The number of halogens is 1. The second-order valence-corrected chi connectivity index (χ2v) is 7.36. The molecule has 1 saturated heterocycles. The Balaban J connectivity index is 2.04. The van der Waals surface area contributed by atoms with Crippen LogP contribution in [0, 0.1) is 0 Å². The van der Waals surface area contributed by atoms with Crippen LogP contribution in [-0.2, 0) is 13.8 Å². The van der Waals surface area contributed by atoms with Crippen LogP contribution in [0.4, 0.5) is 0 Å². The van der Waals surface area contributed by atoms with Crippen molar-refractivity contribution in [2.24, 2.45) is 0 Å². The first-order valence-electron chi connectivity index (χ1n) is 6.62. The molecule has 0 radical (unpaired) electrons. The number of benzene rings is 1. The van der Waals surface area contributed by atoms with E-state index in [4.69, 9.17) is 20.2 Å². The molecule has 1 fully saturated rings. The van der Waals surface area contributed by atoms with Gasteiger partial charge in [-0.15, -0.1) is 0 Å². The number of hydrogen-bond acceptors (Lipinski definition) is 5. The summed E-state index contributed by atoms with van der Waals surface area (Å²) in [5.41, 5.74) is 0.331. The number of fused-ring (bicyclic) bond motifs is 1. The van der Waals surface area contributed by atoms with Gasteiger partial charge in [0.25, 0.3) is 9.05 Å². The van der Waals surface area contributed by atoms with Crippen molar-refractivity contribution in [3.63, 3.8) is 0 Å². The number of rotatable bonds is 3. The standard InChI is InChI=1S/C14H14ClNO4S/c15-21(17,18)13-4-3-12(11-2-1-7-16-14(11)13)20-10-5-8-19-9-6-10/h1-4,7,10H,5-6,8-9H2. The molecule has 0 unspecified atom stereocenters. The average molecular weight is 328 g/mol. The number of hydrogen-bond donors (Lipinski definition) is 0. The predicted molar refractivity (Wildman–Crippen MR) is 79.3 cm³/mol. The molecule has 1 aromatic heterocycles. The van der Waals surface area contributed by atoms with E-state index in [0.717, 1.165) is 12.8 Å². The number of aromatic nitrogens is 1. The van der Waals surface area contributed by atoms with E-state index in [1.807, 2.05) is 0 Å². The molecule has 3 rings (SSSR count). The third-order valence-electron chi connectivity index (χ3n) is 3.42. The van der Waals surface area contributed by atoms with Crippen molar-refractivity contribution < 1.29 is 17.9 Å². The Labute approximate surface area is 127 Å². The molecule has 7 heteroatoms. The van der Waals surface area contributed by atoms with E-state index in [1.54, 1.807) is 18.2 Å². The summed E-state index contributed by atoms with van der Waals surface area (Å²) < 4.78 is 34.5. The Kier molecular flexibility index (Phi) is 4.01. The second-order valence-electron chi connectivity index (χ2n) is 4.83. The molecule has 2 heterocycles. The maximum Gasteiger partial charge on any atom is 0.263 e. The van der Waals surface area contributed by atoms with Crippen molar-refractivity contribution in [2.45, 2.75) is 23.8 Å². The molecule has 1 aliphatic rings. The Hall–Kier alpha value is -1.37. The molecule has 0 amide bonds. The molecule has 0 atom stereocenters. The first kappa shape index (κ1) is 14.6. The first-order chi connectivity index (χ1) is 10.1. The summed E-state index contributed by atoms with van der Waals surface area (Å²) in [5.74, 6) is 0.620. The molecule has 0 aliphatic carbocycles. The lowest BCUT2D eigenvalue weighted by atomic mass is 10.1. The van der Waals surface area contributed by atoms with E-state index in [1.165, 1.54) is 12.3 Å². The van der Waals surface area contributed by atoms with Gasteiger partial charge in [-0.3, -0.25) is 4.98 Å². The third-order valence-corrected chi connectivity index (χ3v) is 4.77. The zero-order valence-electron chi connectivity index (χ0n) is 11.2. The molecular weight excluding hydrogens is 314 g/mol. The highest BCUT2D eigenvalue weighted by Gasteiger charge is 2.20. The molecule has 1 aliphatic heterocycles. The molecule has 112 valence electrons. The van der Waals surface area contributed by atoms with Crippen LogP contribution in [0.25, 0.3) is 10.9 Å². The minimum absolute atomic E-state index is 0.000839. The Morgan fingerprint density at radius 3 is 2.71 bits per heavy atom. The summed E-state index contributed by atoms with van der Waals surface area (Å²) >= 11 is 0. The number of pyridine rings is 1. The summed E-state index contributed by atoms with van der Waals surface area (Å²) in [5, 5.41) is 0.644. The molecule has 21 heavy (non-hydrogen) atoms. The van der Waals surface area contributed by atoms with Crippen molar-refractivity contribution in [3.8, 4) is 5.75 Å². The summed E-state index contributed by atoms with van der Waals surface area (Å²) in [7, 11) is 1.61. The highest BCUT2D eigenvalue weighted by atomic mass is 35.7. The summed E-state index contributed by atoms with van der Waals surface area (Å²) in [6.45, 7) is 1.35. The maximum atomic E-state index is 11.6. The number of ether oxygens (including phenoxy) is 2. The normalized spacial score (nSPS) is 17.0. The van der Waals surface area contributed by atoms with Crippen LogP contribution in [0.15, 0.2) is 35.4 Å². The summed E-state index contributed by atoms with van der Waals surface area (Å²) in [6.07, 6.45) is 3.24. The van der Waals surface area contributed by atoms with Gasteiger partial charge in [0.2, 0.25) is 0 Å². The van der Waals surface area contributed by atoms with E-state index in [9.17, 15) is 8.42 Å². The zero-order chi connectivity index (χ0) is 14.9. The van der Waals surface area contributed by atoms with Gasteiger partial charge >= 0.3 is 0 Å². The zero-order valence-corrected chi connectivity index (χ0v) is 12.7.